The Balaban J connectivity index is 2.29. The van der Waals surface area contributed by atoms with E-state index in [-0.39, 0.29) is 18.9 Å². The van der Waals surface area contributed by atoms with Gasteiger partial charge in [0.1, 0.15) is 24.4 Å². The van der Waals surface area contributed by atoms with Gasteiger partial charge in [0.25, 0.3) is 0 Å². The topological polar surface area (TPSA) is 149 Å². The summed E-state index contributed by atoms with van der Waals surface area (Å²) in [6.07, 6.45) is 66.2. The molecule has 1 aliphatic heterocycles. The summed E-state index contributed by atoms with van der Waals surface area (Å²) in [5.74, 6) is -0.231. The van der Waals surface area contributed by atoms with Crippen LogP contribution < -0.4 is 5.32 Å². The third-order valence-electron chi connectivity index (χ3n) is 13.1. The normalized spacial score (nSPS) is 20.0. The Bertz CT molecular complexity index is 1430. The number of allylic oxidation sites excluding steroid dienone is 15. The molecule has 7 unspecified atom stereocenters. The molecule has 9 heteroatoms. The number of rotatable bonds is 48. The number of hydrogen-bond acceptors (Lipinski definition) is 8. The fourth-order valence-electron chi connectivity index (χ4n) is 8.59. The minimum Gasteiger partial charge on any atom is -0.394 e. The van der Waals surface area contributed by atoms with Crippen LogP contribution in [0.2, 0.25) is 0 Å². The van der Waals surface area contributed by atoms with E-state index >= 15 is 0 Å². The van der Waals surface area contributed by atoms with Crippen molar-refractivity contribution in [1.29, 1.82) is 0 Å². The number of aliphatic hydroxyl groups is 5. The standard InChI is InChI=1S/C62H107NO8/c1-3-5-7-9-11-13-15-17-19-21-23-25-26-27-28-29-30-32-33-35-37-39-41-43-45-47-49-51-56(65)55(54-70-62-61(69)60(68)59(67)57(53-64)71-62)63-58(66)52-50-48-46-44-42-40-38-36-34-31-24-22-20-18-16-14-12-10-8-6-4-2/h6,8,12,14,18,20,24,31,36,38,41-44,49,51,55-57,59-62,64-65,67-69H,3-5,7,9-11,13,15-17,19,21-23,25-30,32-35,37,39-40,45-48,50,52-54H2,1-2H3,(H,63,66)/b8-6-,14-12-,20-18-,31-24-,38-36-,43-41+,44-42-,51-49+. The second-order valence-electron chi connectivity index (χ2n) is 19.7. The number of unbranched alkanes of at least 4 members (excludes halogenated alkanes) is 24. The average molecular weight is 995 g/mol. The molecule has 1 aliphatic rings. The largest absolute Gasteiger partial charge is 0.394 e. The Morgan fingerprint density at radius 2 is 0.887 bits per heavy atom. The van der Waals surface area contributed by atoms with Crippen LogP contribution in [0.1, 0.15) is 232 Å². The molecule has 0 aliphatic carbocycles. The van der Waals surface area contributed by atoms with Crippen LogP contribution in [-0.4, -0.2) is 87.5 Å². The molecule has 7 atom stereocenters. The van der Waals surface area contributed by atoms with Crippen molar-refractivity contribution in [2.24, 2.45) is 0 Å². The summed E-state index contributed by atoms with van der Waals surface area (Å²) in [6.45, 7) is 3.63. The van der Waals surface area contributed by atoms with Gasteiger partial charge in [0.15, 0.2) is 6.29 Å². The number of aliphatic hydroxyl groups excluding tert-OH is 5. The lowest BCUT2D eigenvalue weighted by Crippen LogP contribution is -2.60. The lowest BCUT2D eigenvalue weighted by Gasteiger charge is -2.40. The van der Waals surface area contributed by atoms with Crippen LogP contribution in [0, 0.1) is 0 Å². The highest BCUT2D eigenvalue weighted by Gasteiger charge is 2.44. The van der Waals surface area contributed by atoms with Crippen molar-refractivity contribution >= 4 is 5.91 Å². The molecule has 408 valence electrons. The van der Waals surface area contributed by atoms with Gasteiger partial charge in [0.05, 0.1) is 25.4 Å². The van der Waals surface area contributed by atoms with Gasteiger partial charge in [-0.2, -0.15) is 0 Å². The van der Waals surface area contributed by atoms with Crippen LogP contribution >= 0.6 is 0 Å². The molecule has 1 amide bonds. The molecule has 9 nitrogen and oxygen atoms in total. The first-order valence-electron chi connectivity index (χ1n) is 29.0. The van der Waals surface area contributed by atoms with Crippen LogP contribution in [0.4, 0.5) is 0 Å². The van der Waals surface area contributed by atoms with E-state index in [1.54, 1.807) is 6.08 Å². The SMILES string of the molecule is CC/C=C\C/C=C\C/C=C\C/C=C\C/C=C\C/C=C\CCCCC(=O)NC(COC1OC(CO)C(O)C(O)C1O)C(O)/C=C/CC/C=C/CCCCCCCCCCCCCCCCCCCCCCC. The van der Waals surface area contributed by atoms with Crippen molar-refractivity contribution in [2.45, 2.75) is 275 Å². The molecule has 0 radical (unpaired) electrons. The fourth-order valence-corrected chi connectivity index (χ4v) is 8.59. The van der Waals surface area contributed by atoms with Gasteiger partial charge in [-0.3, -0.25) is 4.79 Å². The molecule has 0 bridgehead atoms. The van der Waals surface area contributed by atoms with Crippen LogP contribution in [0.5, 0.6) is 0 Å². The van der Waals surface area contributed by atoms with Crippen LogP contribution in [0.15, 0.2) is 97.2 Å². The van der Waals surface area contributed by atoms with Crippen molar-refractivity contribution in [3.05, 3.63) is 97.2 Å². The Kier molecular flexibility index (Phi) is 47.2. The minimum atomic E-state index is -1.59. The van der Waals surface area contributed by atoms with Gasteiger partial charge in [-0.25, -0.2) is 0 Å². The summed E-state index contributed by atoms with van der Waals surface area (Å²) < 4.78 is 11.2. The van der Waals surface area contributed by atoms with E-state index in [4.69, 9.17) is 9.47 Å². The summed E-state index contributed by atoms with van der Waals surface area (Å²) in [5, 5.41) is 54.5. The highest BCUT2D eigenvalue weighted by Crippen LogP contribution is 2.23. The lowest BCUT2D eigenvalue weighted by atomic mass is 9.99. The average Bonchev–Trinajstić information content (AvgIpc) is 3.37. The monoisotopic (exact) mass is 994 g/mol. The second-order valence-corrected chi connectivity index (χ2v) is 19.7. The van der Waals surface area contributed by atoms with Crippen molar-refractivity contribution < 1.29 is 39.8 Å². The Morgan fingerprint density at radius 3 is 1.35 bits per heavy atom. The molecule has 0 aromatic rings. The van der Waals surface area contributed by atoms with E-state index in [0.29, 0.717) is 6.42 Å². The van der Waals surface area contributed by atoms with Crippen LogP contribution in [0.3, 0.4) is 0 Å². The highest BCUT2D eigenvalue weighted by molar-refractivity contribution is 5.76. The van der Waals surface area contributed by atoms with Crippen molar-refractivity contribution in [3.8, 4) is 0 Å². The number of nitrogens with one attached hydrogen (secondary N) is 1. The second kappa shape index (κ2) is 50.6. The van der Waals surface area contributed by atoms with Crippen molar-refractivity contribution in [3.63, 3.8) is 0 Å². The lowest BCUT2D eigenvalue weighted by molar-refractivity contribution is -0.302. The van der Waals surface area contributed by atoms with Crippen molar-refractivity contribution in [2.75, 3.05) is 13.2 Å². The van der Waals surface area contributed by atoms with Gasteiger partial charge < -0.3 is 40.3 Å². The van der Waals surface area contributed by atoms with Gasteiger partial charge in [-0.1, -0.05) is 239 Å². The fraction of sp³-hybridized carbons (Fsp3) is 0.726. The van der Waals surface area contributed by atoms with E-state index in [1.165, 1.54) is 135 Å². The van der Waals surface area contributed by atoms with Crippen LogP contribution in [-0.2, 0) is 14.3 Å². The van der Waals surface area contributed by atoms with Crippen molar-refractivity contribution in [1.82, 2.24) is 5.32 Å². The molecule has 0 aromatic heterocycles. The Hall–Kier alpha value is -2.89. The number of hydrogen-bond donors (Lipinski definition) is 6. The Labute approximate surface area is 434 Å². The summed E-state index contributed by atoms with van der Waals surface area (Å²) >= 11 is 0. The summed E-state index contributed by atoms with van der Waals surface area (Å²) in [5.41, 5.74) is 0. The van der Waals surface area contributed by atoms with E-state index < -0.39 is 49.5 Å². The zero-order valence-electron chi connectivity index (χ0n) is 45.2. The molecular formula is C62H107NO8. The molecule has 1 saturated heterocycles. The van der Waals surface area contributed by atoms with E-state index in [9.17, 15) is 30.3 Å². The first-order valence-corrected chi connectivity index (χ1v) is 29.0. The molecule has 0 saturated carbocycles. The maximum atomic E-state index is 13.0. The van der Waals surface area contributed by atoms with Gasteiger partial charge in [-0.05, 0) is 83.5 Å². The molecule has 6 N–H and O–H groups in total. The molecule has 71 heavy (non-hydrogen) atoms. The third kappa shape index (κ3) is 40.2. The number of amides is 1. The smallest absolute Gasteiger partial charge is 0.220 e. The molecule has 0 aromatic carbocycles. The van der Waals surface area contributed by atoms with Gasteiger partial charge >= 0.3 is 0 Å². The summed E-state index contributed by atoms with van der Waals surface area (Å²) in [6, 6.07) is -0.853. The zero-order valence-corrected chi connectivity index (χ0v) is 45.2. The zero-order chi connectivity index (χ0) is 51.5. The molecule has 0 spiro atoms. The summed E-state index contributed by atoms with van der Waals surface area (Å²) in [4.78, 5) is 13.0. The van der Waals surface area contributed by atoms with Gasteiger partial charge in [-0.15, -0.1) is 0 Å². The maximum absolute atomic E-state index is 13.0. The predicted molar refractivity (Wildman–Crippen MR) is 299 cm³/mol. The Morgan fingerprint density at radius 1 is 0.493 bits per heavy atom. The third-order valence-corrected chi connectivity index (χ3v) is 13.1. The molecule has 1 fully saturated rings. The minimum absolute atomic E-state index is 0.224. The first-order chi connectivity index (χ1) is 34.8. The van der Waals surface area contributed by atoms with Gasteiger partial charge in [0.2, 0.25) is 5.91 Å². The van der Waals surface area contributed by atoms with Crippen LogP contribution in [0.25, 0.3) is 0 Å². The number of ether oxygens (including phenoxy) is 2. The van der Waals surface area contributed by atoms with E-state index in [2.05, 4.69) is 104 Å². The number of carbonyl (C=O) groups is 1. The molecular weight excluding hydrogens is 887 g/mol. The van der Waals surface area contributed by atoms with E-state index in [0.717, 1.165) is 70.6 Å². The predicted octanol–water partition coefficient (Wildman–Crippen LogP) is 14.4. The van der Waals surface area contributed by atoms with Gasteiger partial charge in [0, 0.05) is 6.42 Å². The maximum Gasteiger partial charge on any atom is 0.220 e. The quantitative estimate of drug-likeness (QED) is 0.0261. The molecule has 1 heterocycles. The first kappa shape index (κ1) is 66.1. The molecule has 1 rings (SSSR count). The number of carbonyl (C=O) groups excluding carboxylic acids is 1. The highest BCUT2D eigenvalue weighted by atomic mass is 16.7. The summed E-state index contributed by atoms with van der Waals surface area (Å²) in [7, 11) is 0. The van der Waals surface area contributed by atoms with E-state index in [1.807, 2.05) is 6.08 Å².